The van der Waals surface area contributed by atoms with Crippen molar-refractivity contribution < 1.29 is 14.6 Å². The summed E-state index contributed by atoms with van der Waals surface area (Å²) >= 11 is 3.47. The van der Waals surface area contributed by atoms with E-state index in [4.69, 9.17) is 9.47 Å². The third-order valence-electron chi connectivity index (χ3n) is 3.57. The smallest absolute Gasteiger partial charge is 0.175 e. The van der Waals surface area contributed by atoms with Gasteiger partial charge in [-0.15, -0.1) is 0 Å². The van der Waals surface area contributed by atoms with Crippen molar-refractivity contribution in [2.45, 2.75) is 38.7 Å². The van der Waals surface area contributed by atoms with Gasteiger partial charge in [-0.25, -0.2) is 0 Å². The standard InChI is InChI=1S/C16H20BrNO3/c1-3-20-14-8-11(7-13(17)16(14)21-4-2)12(9-18)15(19)10-5-6-10/h7-8,10,12,15,19H,3-6H2,1-2H3. The average Bonchev–Trinajstić information content (AvgIpc) is 3.28. The topological polar surface area (TPSA) is 62.5 Å². The highest BCUT2D eigenvalue weighted by Gasteiger charge is 2.36. The van der Waals surface area contributed by atoms with E-state index in [0.29, 0.717) is 24.7 Å². The molecule has 5 heteroatoms. The fraction of sp³-hybridized carbons (Fsp3) is 0.562. The summed E-state index contributed by atoms with van der Waals surface area (Å²) in [6.07, 6.45) is 1.38. The third kappa shape index (κ3) is 3.69. The largest absolute Gasteiger partial charge is 0.490 e. The Hall–Kier alpha value is -1.25. The molecule has 21 heavy (non-hydrogen) atoms. The van der Waals surface area contributed by atoms with Crippen LogP contribution in [0.25, 0.3) is 0 Å². The maximum Gasteiger partial charge on any atom is 0.175 e. The van der Waals surface area contributed by atoms with E-state index in [1.165, 1.54) is 0 Å². The molecule has 0 spiro atoms. The van der Waals surface area contributed by atoms with Crippen LogP contribution in [0.2, 0.25) is 0 Å². The summed E-state index contributed by atoms with van der Waals surface area (Å²) < 4.78 is 12.0. The lowest BCUT2D eigenvalue weighted by Crippen LogP contribution is -2.19. The highest BCUT2D eigenvalue weighted by molar-refractivity contribution is 9.10. The number of hydrogen-bond donors (Lipinski definition) is 1. The lowest BCUT2D eigenvalue weighted by atomic mass is 9.92. The molecule has 1 aromatic carbocycles. The van der Waals surface area contributed by atoms with Crippen LogP contribution in [-0.4, -0.2) is 24.4 Å². The molecule has 0 aliphatic heterocycles. The number of aliphatic hydroxyl groups is 1. The fourth-order valence-corrected chi connectivity index (χ4v) is 2.95. The van der Waals surface area contributed by atoms with Crippen LogP contribution in [0.5, 0.6) is 11.5 Å². The van der Waals surface area contributed by atoms with Gasteiger partial charge in [0.2, 0.25) is 0 Å². The van der Waals surface area contributed by atoms with Crippen LogP contribution < -0.4 is 9.47 Å². The second-order valence-electron chi connectivity index (χ2n) is 5.13. The maximum absolute atomic E-state index is 10.3. The molecule has 0 amide bonds. The van der Waals surface area contributed by atoms with E-state index in [0.717, 1.165) is 22.9 Å². The Balaban J connectivity index is 2.36. The van der Waals surface area contributed by atoms with Gasteiger partial charge in [-0.1, -0.05) is 0 Å². The molecular weight excluding hydrogens is 334 g/mol. The summed E-state index contributed by atoms with van der Waals surface area (Å²) in [7, 11) is 0. The molecular formula is C16H20BrNO3. The van der Waals surface area contributed by atoms with Crippen LogP contribution in [-0.2, 0) is 0 Å². The minimum Gasteiger partial charge on any atom is -0.490 e. The molecule has 0 aromatic heterocycles. The first-order valence-corrected chi connectivity index (χ1v) is 8.08. The minimum absolute atomic E-state index is 0.246. The van der Waals surface area contributed by atoms with Crippen molar-refractivity contribution in [2.75, 3.05) is 13.2 Å². The SMILES string of the molecule is CCOc1cc(C(C#N)C(O)C2CC2)cc(Br)c1OCC. The molecule has 2 atom stereocenters. The highest BCUT2D eigenvalue weighted by atomic mass is 79.9. The first-order valence-electron chi connectivity index (χ1n) is 7.29. The molecule has 1 fully saturated rings. The predicted molar refractivity (Wildman–Crippen MR) is 83.6 cm³/mol. The first kappa shape index (κ1) is 16.1. The fourth-order valence-electron chi connectivity index (χ4n) is 2.37. The summed E-state index contributed by atoms with van der Waals surface area (Å²) in [5.74, 6) is 0.951. The Kier molecular flexibility index (Phi) is 5.49. The molecule has 0 radical (unpaired) electrons. The molecule has 114 valence electrons. The quantitative estimate of drug-likeness (QED) is 0.812. The second kappa shape index (κ2) is 7.15. The Morgan fingerprint density at radius 2 is 2.00 bits per heavy atom. The number of nitriles is 1. The maximum atomic E-state index is 10.3. The number of nitrogens with zero attached hydrogens (tertiary/aromatic N) is 1. The van der Waals surface area contributed by atoms with Gasteiger partial charge in [-0.05, 0) is 66.2 Å². The lowest BCUT2D eigenvalue weighted by molar-refractivity contribution is 0.138. The van der Waals surface area contributed by atoms with Gasteiger partial charge in [0.05, 0.1) is 35.8 Å². The van der Waals surface area contributed by atoms with Crippen LogP contribution in [0.3, 0.4) is 0 Å². The third-order valence-corrected chi connectivity index (χ3v) is 4.15. The Morgan fingerprint density at radius 3 is 2.52 bits per heavy atom. The molecule has 1 aromatic rings. The summed E-state index contributed by atoms with van der Waals surface area (Å²) in [5.41, 5.74) is 0.760. The minimum atomic E-state index is -0.616. The van der Waals surface area contributed by atoms with E-state index in [-0.39, 0.29) is 5.92 Å². The normalized spacial score (nSPS) is 16.9. The van der Waals surface area contributed by atoms with Gasteiger partial charge >= 0.3 is 0 Å². The molecule has 2 rings (SSSR count). The van der Waals surface area contributed by atoms with Crippen molar-refractivity contribution in [3.05, 3.63) is 22.2 Å². The zero-order valence-electron chi connectivity index (χ0n) is 12.3. The summed E-state index contributed by atoms with van der Waals surface area (Å²) in [6, 6.07) is 5.86. The molecule has 1 aliphatic carbocycles. The zero-order valence-corrected chi connectivity index (χ0v) is 13.9. The van der Waals surface area contributed by atoms with E-state index in [2.05, 4.69) is 22.0 Å². The van der Waals surface area contributed by atoms with Crippen LogP contribution in [0.4, 0.5) is 0 Å². The molecule has 0 bridgehead atoms. The van der Waals surface area contributed by atoms with Crippen molar-refractivity contribution in [3.8, 4) is 17.6 Å². The van der Waals surface area contributed by atoms with E-state index in [1.54, 1.807) is 6.07 Å². The predicted octanol–water partition coefficient (Wildman–Crippen LogP) is 3.62. The number of rotatable bonds is 7. The molecule has 0 saturated heterocycles. The van der Waals surface area contributed by atoms with Crippen LogP contribution in [0, 0.1) is 17.2 Å². The molecule has 2 unspecified atom stereocenters. The van der Waals surface area contributed by atoms with Crippen LogP contribution in [0.15, 0.2) is 16.6 Å². The Morgan fingerprint density at radius 1 is 1.33 bits per heavy atom. The van der Waals surface area contributed by atoms with Crippen molar-refractivity contribution in [3.63, 3.8) is 0 Å². The molecule has 1 saturated carbocycles. The molecule has 1 N–H and O–H groups in total. The molecule has 1 aliphatic rings. The van der Waals surface area contributed by atoms with Gasteiger partial charge in [0.1, 0.15) is 0 Å². The van der Waals surface area contributed by atoms with E-state index >= 15 is 0 Å². The van der Waals surface area contributed by atoms with Gasteiger partial charge in [-0.2, -0.15) is 5.26 Å². The number of hydrogen-bond acceptors (Lipinski definition) is 4. The van der Waals surface area contributed by atoms with Gasteiger partial charge < -0.3 is 14.6 Å². The number of aliphatic hydroxyl groups excluding tert-OH is 1. The highest BCUT2D eigenvalue weighted by Crippen LogP contribution is 2.43. The number of ether oxygens (including phenoxy) is 2. The van der Waals surface area contributed by atoms with Gasteiger partial charge in [0.25, 0.3) is 0 Å². The first-order chi connectivity index (χ1) is 10.1. The summed E-state index contributed by atoms with van der Waals surface area (Å²) in [6.45, 7) is 4.85. The molecule has 0 heterocycles. The number of halogens is 1. The average molecular weight is 354 g/mol. The van der Waals surface area contributed by atoms with Crippen molar-refractivity contribution in [1.29, 1.82) is 5.26 Å². The van der Waals surface area contributed by atoms with Crippen molar-refractivity contribution in [1.82, 2.24) is 0 Å². The van der Waals surface area contributed by atoms with Gasteiger partial charge in [-0.3, -0.25) is 0 Å². The van der Waals surface area contributed by atoms with E-state index < -0.39 is 12.0 Å². The van der Waals surface area contributed by atoms with Crippen LogP contribution in [0.1, 0.15) is 38.2 Å². The van der Waals surface area contributed by atoms with Crippen molar-refractivity contribution in [2.24, 2.45) is 5.92 Å². The lowest BCUT2D eigenvalue weighted by Gasteiger charge is -2.20. The summed E-state index contributed by atoms with van der Waals surface area (Å²) in [4.78, 5) is 0. The summed E-state index contributed by atoms with van der Waals surface area (Å²) in [5, 5.41) is 19.7. The van der Waals surface area contributed by atoms with E-state index in [9.17, 15) is 10.4 Å². The Labute approximate surface area is 133 Å². The zero-order chi connectivity index (χ0) is 15.4. The molecule has 4 nitrogen and oxygen atoms in total. The number of benzene rings is 1. The Bertz CT molecular complexity index is 537. The van der Waals surface area contributed by atoms with Crippen molar-refractivity contribution >= 4 is 15.9 Å². The second-order valence-corrected chi connectivity index (χ2v) is 5.99. The monoisotopic (exact) mass is 353 g/mol. The van der Waals surface area contributed by atoms with Gasteiger partial charge in [0.15, 0.2) is 11.5 Å². The van der Waals surface area contributed by atoms with E-state index in [1.807, 2.05) is 19.9 Å². The van der Waals surface area contributed by atoms with Crippen LogP contribution >= 0.6 is 15.9 Å². The van der Waals surface area contributed by atoms with Gasteiger partial charge in [0, 0.05) is 0 Å².